The highest BCUT2D eigenvalue weighted by Crippen LogP contribution is 2.49. The van der Waals surface area contributed by atoms with E-state index in [1.165, 1.54) is 0 Å². The maximum absolute atomic E-state index is 13.3. The number of aliphatic hydroxyl groups excluding tert-OH is 1. The van der Waals surface area contributed by atoms with E-state index in [0.717, 1.165) is 22.1 Å². The molecular weight excluding hydrogens is 442 g/mol. The van der Waals surface area contributed by atoms with E-state index in [2.05, 4.69) is 25.4 Å². The van der Waals surface area contributed by atoms with Crippen molar-refractivity contribution >= 4 is 28.3 Å². The van der Waals surface area contributed by atoms with E-state index in [4.69, 9.17) is 0 Å². The van der Waals surface area contributed by atoms with Crippen molar-refractivity contribution in [2.24, 2.45) is 5.92 Å². The molecule has 0 unspecified atom stereocenters. The fraction of sp³-hybridized carbons (Fsp3) is 0.375. The van der Waals surface area contributed by atoms with Gasteiger partial charge in [-0.3, -0.25) is 9.78 Å². The third-order valence-corrected chi connectivity index (χ3v) is 6.19. The number of nitrogens with zero attached hydrogens (tertiary/aromatic N) is 5. The average molecular weight is 466 g/mol. The van der Waals surface area contributed by atoms with Crippen molar-refractivity contribution in [3.05, 3.63) is 47.7 Å². The predicted octanol–water partition coefficient (Wildman–Crippen LogP) is 4.25. The van der Waals surface area contributed by atoms with Gasteiger partial charge in [0, 0.05) is 47.8 Å². The highest BCUT2D eigenvalue weighted by atomic mass is 19.3. The molecule has 1 aliphatic rings. The molecule has 8 nitrogen and oxygen atoms in total. The molecule has 0 aliphatic heterocycles. The maximum Gasteiger partial charge on any atom is 0.260 e. The number of fused-ring (bicyclic) bond motifs is 3. The van der Waals surface area contributed by atoms with E-state index in [1.54, 1.807) is 23.0 Å². The second kappa shape index (κ2) is 8.05. The summed E-state index contributed by atoms with van der Waals surface area (Å²) in [6, 6.07) is 5.41. The van der Waals surface area contributed by atoms with Gasteiger partial charge in [0.05, 0.1) is 17.3 Å². The van der Waals surface area contributed by atoms with E-state index in [-0.39, 0.29) is 5.82 Å². The molecule has 34 heavy (non-hydrogen) atoms. The van der Waals surface area contributed by atoms with Crippen LogP contribution in [0.15, 0.2) is 30.6 Å². The topological polar surface area (TPSA) is 105 Å². The number of carbonyl (C=O) groups is 1. The summed E-state index contributed by atoms with van der Waals surface area (Å²) in [4.78, 5) is 25.5. The standard InChI is InChI=1S/C24H24F2N6O2/c1-4-19(33)17-6-12(3)15(11-27-17)14-7-13-10-28-21(30-23(34)16-9-24(16,25)26)8-18(13)32-22(14)29-20(5-2)31-32/h6-8,10-11,16,19,33H,4-5,9H2,1-3H3,(H,28,30,34)/t16-,19-/m1/s1. The van der Waals surface area contributed by atoms with Crippen LogP contribution in [0.1, 0.15) is 49.9 Å². The Hall–Kier alpha value is -3.53. The van der Waals surface area contributed by atoms with Crippen LogP contribution in [0.25, 0.3) is 27.7 Å². The van der Waals surface area contributed by atoms with E-state index in [0.29, 0.717) is 35.5 Å². The van der Waals surface area contributed by atoms with Crippen molar-refractivity contribution in [1.29, 1.82) is 0 Å². The zero-order valence-corrected chi connectivity index (χ0v) is 19.0. The lowest BCUT2D eigenvalue weighted by Gasteiger charge is -2.13. The number of amides is 1. The third kappa shape index (κ3) is 3.77. The molecule has 4 heterocycles. The van der Waals surface area contributed by atoms with Gasteiger partial charge in [0.2, 0.25) is 5.91 Å². The molecule has 4 aromatic rings. The van der Waals surface area contributed by atoms with Crippen molar-refractivity contribution in [3.8, 4) is 11.1 Å². The second-order valence-electron chi connectivity index (χ2n) is 8.66. The number of carbonyl (C=O) groups excluding carboxylic acids is 1. The van der Waals surface area contributed by atoms with Gasteiger partial charge in [-0.05, 0) is 31.0 Å². The van der Waals surface area contributed by atoms with Crippen molar-refractivity contribution < 1.29 is 18.7 Å². The van der Waals surface area contributed by atoms with E-state index >= 15 is 0 Å². The number of rotatable bonds is 6. The SMILES string of the molecule is CCc1nc2c(-c3cnc([C@H](O)CC)cc3C)cc3cnc(NC(=O)[C@H]4CC4(F)F)cc3n2n1. The van der Waals surface area contributed by atoms with Gasteiger partial charge >= 0.3 is 0 Å². The number of aromatic nitrogens is 5. The summed E-state index contributed by atoms with van der Waals surface area (Å²) in [5.74, 6) is -4.18. The monoisotopic (exact) mass is 466 g/mol. The Kier molecular flexibility index (Phi) is 5.27. The van der Waals surface area contributed by atoms with Gasteiger partial charge in [0.1, 0.15) is 11.7 Å². The van der Waals surface area contributed by atoms with Crippen LogP contribution in [0, 0.1) is 12.8 Å². The van der Waals surface area contributed by atoms with Crippen LogP contribution in [0.4, 0.5) is 14.6 Å². The quantitative estimate of drug-likeness (QED) is 0.440. The van der Waals surface area contributed by atoms with Crippen LogP contribution < -0.4 is 5.32 Å². The summed E-state index contributed by atoms with van der Waals surface area (Å²) in [7, 11) is 0. The zero-order valence-electron chi connectivity index (χ0n) is 19.0. The molecule has 4 aromatic heterocycles. The molecule has 2 N–H and O–H groups in total. The van der Waals surface area contributed by atoms with Gasteiger partial charge < -0.3 is 10.4 Å². The Balaban J connectivity index is 1.61. The first-order valence-electron chi connectivity index (χ1n) is 11.2. The number of hydrogen-bond acceptors (Lipinski definition) is 6. The van der Waals surface area contributed by atoms with Gasteiger partial charge in [-0.1, -0.05) is 13.8 Å². The van der Waals surface area contributed by atoms with E-state index in [1.807, 2.05) is 32.9 Å². The van der Waals surface area contributed by atoms with Crippen LogP contribution in [0.5, 0.6) is 0 Å². The normalized spacial score (nSPS) is 17.8. The number of nitrogens with one attached hydrogen (secondary N) is 1. The molecule has 1 amide bonds. The number of alkyl halides is 2. The minimum atomic E-state index is -2.94. The molecule has 0 saturated heterocycles. The Morgan fingerprint density at radius 1 is 1.24 bits per heavy atom. The summed E-state index contributed by atoms with van der Waals surface area (Å²) >= 11 is 0. The molecule has 0 spiro atoms. The number of pyridine rings is 3. The van der Waals surface area contributed by atoms with E-state index in [9.17, 15) is 18.7 Å². The number of aryl methyl sites for hydroxylation is 2. The fourth-order valence-corrected chi connectivity index (χ4v) is 4.05. The molecule has 2 atom stereocenters. The molecule has 1 saturated carbocycles. The van der Waals surface area contributed by atoms with Gasteiger partial charge in [-0.2, -0.15) is 5.10 Å². The molecule has 5 rings (SSSR count). The lowest BCUT2D eigenvalue weighted by molar-refractivity contribution is -0.119. The van der Waals surface area contributed by atoms with Crippen LogP contribution in [0.3, 0.4) is 0 Å². The Bertz CT molecular complexity index is 1430. The number of hydrogen-bond donors (Lipinski definition) is 2. The molecule has 0 bridgehead atoms. The first kappa shape index (κ1) is 22.3. The van der Waals surface area contributed by atoms with Crippen molar-refractivity contribution in [2.45, 2.75) is 52.1 Å². The smallest absolute Gasteiger partial charge is 0.260 e. The molecular formula is C24H24F2N6O2. The molecule has 1 aliphatic carbocycles. The number of anilines is 1. The summed E-state index contributed by atoms with van der Waals surface area (Å²) in [6.07, 6.45) is 3.42. The summed E-state index contributed by atoms with van der Waals surface area (Å²) in [5.41, 5.74) is 4.44. The Morgan fingerprint density at radius 2 is 2.00 bits per heavy atom. The van der Waals surface area contributed by atoms with E-state index < -0.39 is 30.3 Å². The molecule has 0 radical (unpaired) electrons. The van der Waals surface area contributed by atoms with Crippen molar-refractivity contribution in [2.75, 3.05) is 5.32 Å². The average Bonchev–Trinajstić information content (AvgIpc) is 3.26. The fourth-order valence-electron chi connectivity index (χ4n) is 4.05. The largest absolute Gasteiger partial charge is 0.387 e. The number of halogens is 2. The van der Waals surface area contributed by atoms with Crippen molar-refractivity contribution in [3.63, 3.8) is 0 Å². The summed E-state index contributed by atoms with van der Waals surface area (Å²) in [5, 5.41) is 18.0. The van der Waals surface area contributed by atoms with Crippen molar-refractivity contribution in [1.82, 2.24) is 24.6 Å². The lowest BCUT2D eigenvalue weighted by Crippen LogP contribution is -2.18. The molecule has 10 heteroatoms. The summed E-state index contributed by atoms with van der Waals surface area (Å²) in [6.45, 7) is 5.80. The minimum absolute atomic E-state index is 0.179. The van der Waals surface area contributed by atoms with Gasteiger partial charge in [-0.15, -0.1) is 0 Å². The molecule has 0 aromatic carbocycles. The van der Waals surface area contributed by atoms with Crippen LogP contribution in [-0.2, 0) is 11.2 Å². The number of aliphatic hydroxyl groups is 1. The second-order valence-corrected chi connectivity index (χ2v) is 8.66. The van der Waals surface area contributed by atoms with Gasteiger partial charge in [0.25, 0.3) is 5.92 Å². The van der Waals surface area contributed by atoms with Gasteiger partial charge in [0.15, 0.2) is 11.5 Å². The van der Waals surface area contributed by atoms with Crippen LogP contribution >= 0.6 is 0 Å². The first-order valence-corrected chi connectivity index (χ1v) is 11.2. The highest BCUT2D eigenvalue weighted by Gasteiger charge is 2.61. The highest BCUT2D eigenvalue weighted by molar-refractivity contribution is 5.97. The molecule has 176 valence electrons. The Labute approximate surface area is 194 Å². The maximum atomic E-state index is 13.3. The minimum Gasteiger partial charge on any atom is -0.387 e. The first-order chi connectivity index (χ1) is 16.2. The predicted molar refractivity (Wildman–Crippen MR) is 123 cm³/mol. The van der Waals surface area contributed by atoms with Gasteiger partial charge in [-0.25, -0.2) is 23.3 Å². The summed E-state index contributed by atoms with van der Waals surface area (Å²) < 4.78 is 28.2. The third-order valence-electron chi connectivity index (χ3n) is 6.19. The zero-order chi connectivity index (χ0) is 24.2. The Morgan fingerprint density at radius 3 is 2.65 bits per heavy atom. The molecule has 1 fully saturated rings. The lowest BCUT2D eigenvalue weighted by atomic mass is 10.0. The van der Waals surface area contributed by atoms with Crippen LogP contribution in [0.2, 0.25) is 0 Å². The van der Waals surface area contributed by atoms with Crippen LogP contribution in [-0.4, -0.2) is 41.5 Å².